The number of carbonyl (C=O) groups is 1. The van der Waals surface area contributed by atoms with Crippen LogP contribution in [0, 0.1) is 0 Å². The number of amides is 1. The zero-order valence-electron chi connectivity index (χ0n) is 13.4. The summed E-state index contributed by atoms with van der Waals surface area (Å²) in [5.41, 5.74) is 0.433. The van der Waals surface area contributed by atoms with Gasteiger partial charge >= 0.3 is 0 Å². The van der Waals surface area contributed by atoms with Gasteiger partial charge in [-0.25, -0.2) is 4.68 Å². The van der Waals surface area contributed by atoms with Crippen LogP contribution in [0.4, 0.5) is 0 Å². The van der Waals surface area contributed by atoms with Gasteiger partial charge in [0.2, 0.25) is 0 Å². The van der Waals surface area contributed by atoms with Crippen LogP contribution in [0.25, 0.3) is 0 Å². The Bertz CT molecular complexity index is 646. The summed E-state index contributed by atoms with van der Waals surface area (Å²) < 4.78 is 12.9. The molecule has 1 aromatic heterocycles. The van der Waals surface area contributed by atoms with Crippen LogP contribution >= 0.6 is 0 Å². The summed E-state index contributed by atoms with van der Waals surface area (Å²) in [4.78, 5) is 14.3. The summed E-state index contributed by atoms with van der Waals surface area (Å²) in [5.74, 6) is 0.706. The number of hydrogen-bond donors (Lipinski definition) is 0. The van der Waals surface area contributed by atoms with E-state index in [2.05, 4.69) is 5.10 Å². The third-order valence-electron chi connectivity index (χ3n) is 3.67. The van der Waals surface area contributed by atoms with Crippen molar-refractivity contribution in [3.63, 3.8) is 0 Å². The van der Waals surface area contributed by atoms with E-state index in [0.717, 1.165) is 5.75 Å². The minimum atomic E-state index is -0.0644. The van der Waals surface area contributed by atoms with E-state index in [9.17, 15) is 4.79 Å². The maximum absolute atomic E-state index is 12.5. The Morgan fingerprint density at radius 1 is 1.22 bits per heavy atom. The second-order valence-corrected chi connectivity index (χ2v) is 5.79. The molecule has 0 radical (unpaired) electrons. The first-order valence-corrected chi connectivity index (χ1v) is 7.78. The van der Waals surface area contributed by atoms with Crippen molar-refractivity contribution in [3.8, 4) is 5.75 Å². The van der Waals surface area contributed by atoms with Crippen LogP contribution in [-0.4, -0.2) is 45.9 Å². The van der Waals surface area contributed by atoms with Gasteiger partial charge in [-0.2, -0.15) is 5.10 Å². The second-order valence-electron chi connectivity index (χ2n) is 5.79. The molecule has 2 heterocycles. The Labute approximate surface area is 135 Å². The molecule has 0 aliphatic carbocycles. The second kappa shape index (κ2) is 6.83. The van der Waals surface area contributed by atoms with Crippen LogP contribution in [-0.2, 0) is 11.5 Å². The number of nitrogens with zero attached hydrogens (tertiary/aromatic N) is 3. The fourth-order valence-electron chi connectivity index (χ4n) is 2.71. The van der Waals surface area contributed by atoms with Crippen LogP contribution in [0.2, 0.25) is 0 Å². The van der Waals surface area contributed by atoms with E-state index >= 15 is 0 Å². The van der Waals surface area contributed by atoms with Gasteiger partial charge in [0.05, 0.1) is 12.2 Å². The van der Waals surface area contributed by atoms with E-state index in [1.807, 2.05) is 44.2 Å². The van der Waals surface area contributed by atoms with Gasteiger partial charge < -0.3 is 14.4 Å². The molecule has 6 nitrogen and oxygen atoms in total. The number of rotatable bonds is 4. The minimum Gasteiger partial charge on any atom is -0.471 e. The van der Waals surface area contributed by atoms with E-state index in [1.165, 1.54) is 0 Å². The summed E-state index contributed by atoms with van der Waals surface area (Å²) in [6, 6.07) is 11.2. The van der Waals surface area contributed by atoms with Crippen LogP contribution in [0.3, 0.4) is 0 Å². The normalized spacial score (nSPS) is 21.2. The molecule has 0 N–H and O–H groups in total. The molecule has 1 aliphatic heterocycles. The highest BCUT2D eigenvalue weighted by atomic mass is 16.5. The smallest absolute Gasteiger partial charge is 0.274 e. The van der Waals surface area contributed by atoms with Crippen molar-refractivity contribution in [2.45, 2.75) is 32.8 Å². The Balaban J connectivity index is 1.61. The molecule has 2 aromatic rings. The molecule has 6 heteroatoms. The van der Waals surface area contributed by atoms with Gasteiger partial charge in [-0.1, -0.05) is 18.2 Å². The SMILES string of the molecule is CC1CN(C(=O)c2ccn(COc3ccccc3)n2)CC(C)O1. The maximum atomic E-state index is 12.5. The average Bonchev–Trinajstić information content (AvgIpc) is 3.01. The Hall–Kier alpha value is -2.34. The molecule has 0 spiro atoms. The largest absolute Gasteiger partial charge is 0.471 e. The van der Waals surface area contributed by atoms with Gasteiger partial charge in [-0.3, -0.25) is 4.79 Å². The molecular weight excluding hydrogens is 294 g/mol. The molecule has 1 saturated heterocycles. The molecule has 1 amide bonds. The minimum absolute atomic E-state index is 0.0474. The lowest BCUT2D eigenvalue weighted by Crippen LogP contribution is -2.48. The third kappa shape index (κ3) is 3.90. The molecule has 1 aliphatic rings. The number of carbonyl (C=O) groups excluding carboxylic acids is 1. The lowest BCUT2D eigenvalue weighted by molar-refractivity contribution is -0.0587. The Morgan fingerprint density at radius 2 is 1.91 bits per heavy atom. The fraction of sp³-hybridized carbons (Fsp3) is 0.412. The summed E-state index contributed by atoms with van der Waals surface area (Å²) in [5, 5.41) is 4.31. The lowest BCUT2D eigenvalue weighted by atomic mass is 10.2. The van der Waals surface area contributed by atoms with Crippen molar-refractivity contribution in [1.29, 1.82) is 0 Å². The van der Waals surface area contributed by atoms with Gasteiger partial charge in [0.15, 0.2) is 12.4 Å². The average molecular weight is 315 g/mol. The lowest BCUT2D eigenvalue weighted by Gasteiger charge is -2.34. The molecule has 23 heavy (non-hydrogen) atoms. The summed E-state index contributed by atoms with van der Waals surface area (Å²) >= 11 is 0. The molecule has 1 fully saturated rings. The zero-order chi connectivity index (χ0) is 16.2. The summed E-state index contributed by atoms with van der Waals surface area (Å²) in [6.45, 7) is 5.41. The highest BCUT2D eigenvalue weighted by molar-refractivity contribution is 5.92. The number of aromatic nitrogens is 2. The monoisotopic (exact) mass is 315 g/mol. The highest BCUT2D eigenvalue weighted by Crippen LogP contribution is 2.14. The van der Waals surface area contributed by atoms with E-state index in [0.29, 0.717) is 18.8 Å². The molecule has 122 valence electrons. The van der Waals surface area contributed by atoms with Crippen LogP contribution in [0.15, 0.2) is 42.6 Å². The molecule has 2 atom stereocenters. The maximum Gasteiger partial charge on any atom is 0.274 e. The number of ether oxygens (including phenoxy) is 2. The van der Waals surface area contributed by atoms with Crippen molar-refractivity contribution in [3.05, 3.63) is 48.3 Å². The van der Waals surface area contributed by atoms with Gasteiger partial charge in [0.1, 0.15) is 5.75 Å². The zero-order valence-corrected chi connectivity index (χ0v) is 13.4. The molecular formula is C17H21N3O3. The quantitative estimate of drug-likeness (QED) is 0.867. The van der Waals surface area contributed by atoms with Crippen molar-refractivity contribution in [1.82, 2.24) is 14.7 Å². The standard InChI is InChI=1S/C17H21N3O3/c1-13-10-19(11-14(2)23-13)17(21)16-8-9-20(18-16)12-22-15-6-4-3-5-7-15/h3-9,13-14H,10-12H2,1-2H3. The van der Waals surface area contributed by atoms with Gasteiger partial charge in [0, 0.05) is 19.3 Å². The van der Waals surface area contributed by atoms with Gasteiger partial charge in [-0.15, -0.1) is 0 Å². The molecule has 0 saturated carbocycles. The number of hydrogen-bond acceptors (Lipinski definition) is 4. The molecule has 1 aromatic carbocycles. The first-order valence-electron chi connectivity index (χ1n) is 7.78. The Morgan fingerprint density at radius 3 is 2.61 bits per heavy atom. The molecule has 3 rings (SSSR count). The summed E-state index contributed by atoms with van der Waals surface area (Å²) in [6.07, 6.45) is 1.85. The van der Waals surface area contributed by atoms with E-state index in [4.69, 9.17) is 9.47 Å². The van der Waals surface area contributed by atoms with Crippen LogP contribution < -0.4 is 4.74 Å². The van der Waals surface area contributed by atoms with Crippen LogP contribution in [0.5, 0.6) is 5.75 Å². The van der Waals surface area contributed by atoms with Gasteiger partial charge in [0.25, 0.3) is 5.91 Å². The highest BCUT2D eigenvalue weighted by Gasteiger charge is 2.27. The van der Waals surface area contributed by atoms with Gasteiger partial charge in [-0.05, 0) is 32.0 Å². The predicted molar refractivity (Wildman–Crippen MR) is 85.2 cm³/mol. The predicted octanol–water partition coefficient (Wildman–Crippen LogP) is 2.17. The first kappa shape index (κ1) is 15.6. The van der Waals surface area contributed by atoms with Crippen molar-refractivity contribution < 1.29 is 14.3 Å². The fourth-order valence-corrected chi connectivity index (χ4v) is 2.71. The molecule has 0 bridgehead atoms. The van der Waals surface area contributed by atoms with Crippen molar-refractivity contribution in [2.75, 3.05) is 13.1 Å². The first-order chi connectivity index (χ1) is 11.1. The number of para-hydroxylation sites is 1. The third-order valence-corrected chi connectivity index (χ3v) is 3.67. The van der Waals surface area contributed by atoms with Crippen LogP contribution in [0.1, 0.15) is 24.3 Å². The van der Waals surface area contributed by atoms with E-state index in [-0.39, 0.29) is 24.8 Å². The number of morpholine rings is 1. The number of benzene rings is 1. The summed E-state index contributed by atoms with van der Waals surface area (Å²) in [7, 11) is 0. The van der Waals surface area contributed by atoms with Crippen molar-refractivity contribution in [2.24, 2.45) is 0 Å². The van der Waals surface area contributed by atoms with E-state index < -0.39 is 0 Å². The molecule has 2 unspecified atom stereocenters. The topological polar surface area (TPSA) is 56.6 Å². The van der Waals surface area contributed by atoms with E-state index in [1.54, 1.807) is 21.8 Å². The Kier molecular flexibility index (Phi) is 4.62. The van der Waals surface area contributed by atoms with Crippen molar-refractivity contribution >= 4 is 5.91 Å².